The smallest absolute Gasteiger partial charge is 0.306 e. The monoisotopic (exact) mass is 278 g/mol. The van der Waals surface area contributed by atoms with Gasteiger partial charge in [-0.15, -0.1) is 0 Å². The highest BCUT2D eigenvalue weighted by Gasteiger charge is 2.16. The molecule has 7 heteroatoms. The van der Waals surface area contributed by atoms with E-state index in [0.717, 1.165) is 6.07 Å². The van der Waals surface area contributed by atoms with Gasteiger partial charge in [0.05, 0.1) is 19.1 Å². The third-order valence-electron chi connectivity index (χ3n) is 2.30. The van der Waals surface area contributed by atoms with Gasteiger partial charge in [0.1, 0.15) is 11.6 Å². The van der Waals surface area contributed by atoms with Crippen molar-refractivity contribution in [2.24, 2.45) is 0 Å². The van der Waals surface area contributed by atoms with E-state index in [0.29, 0.717) is 0 Å². The van der Waals surface area contributed by atoms with Crippen LogP contribution in [0, 0.1) is 5.82 Å². The number of rotatable bonds is 7. The first-order valence-electron chi connectivity index (χ1n) is 5.50. The van der Waals surface area contributed by atoms with Crippen LogP contribution in [0.2, 0.25) is 0 Å². The van der Waals surface area contributed by atoms with Crippen molar-refractivity contribution in [3.05, 3.63) is 29.6 Å². The number of carboxylic acids is 1. The second kappa shape index (κ2) is 6.98. The van der Waals surface area contributed by atoms with Gasteiger partial charge in [-0.2, -0.15) is 0 Å². The third kappa shape index (κ3) is 5.17. The highest BCUT2D eigenvalue weighted by molar-refractivity contribution is 5.67. The fraction of sp³-hybridized carbons (Fsp3) is 0.417. The molecule has 0 radical (unpaired) electrons. The number of aliphatic hydroxyl groups is 1. The fourth-order valence-corrected chi connectivity index (χ4v) is 1.41. The number of hydrogen-bond donors (Lipinski definition) is 2. The first-order valence-corrected chi connectivity index (χ1v) is 5.50. The van der Waals surface area contributed by atoms with Crippen LogP contribution in [-0.2, 0) is 4.79 Å². The van der Waals surface area contributed by atoms with Gasteiger partial charge in [0.2, 0.25) is 6.43 Å². The van der Waals surface area contributed by atoms with Crippen molar-refractivity contribution < 1.29 is 32.9 Å². The molecule has 0 heterocycles. The van der Waals surface area contributed by atoms with Gasteiger partial charge in [0, 0.05) is 18.1 Å². The molecule has 4 nitrogen and oxygen atoms in total. The molecule has 1 aromatic carbocycles. The molecular weight excluding hydrogens is 265 g/mol. The predicted octanol–water partition coefficient (Wildman–Crippen LogP) is 2.37. The molecule has 0 spiro atoms. The average molecular weight is 278 g/mol. The summed E-state index contributed by atoms with van der Waals surface area (Å²) in [4.78, 5) is 10.4. The highest BCUT2D eigenvalue weighted by Crippen LogP contribution is 2.24. The molecule has 0 saturated heterocycles. The summed E-state index contributed by atoms with van der Waals surface area (Å²) in [5, 5.41) is 17.9. The van der Waals surface area contributed by atoms with Crippen LogP contribution in [0.3, 0.4) is 0 Å². The predicted molar refractivity (Wildman–Crippen MR) is 59.7 cm³/mol. The maximum atomic E-state index is 13.6. The molecule has 1 atom stereocenters. The van der Waals surface area contributed by atoms with E-state index in [2.05, 4.69) is 0 Å². The molecule has 0 aliphatic rings. The normalized spacial score (nSPS) is 12.5. The van der Waals surface area contributed by atoms with Crippen molar-refractivity contribution in [2.75, 3.05) is 6.61 Å². The minimum atomic E-state index is -2.50. The quantitative estimate of drug-likeness (QED) is 0.803. The second-order valence-corrected chi connectivity index (χ2v) is 3.83. The second-order valence-electron chi connectivity index (χ2n) is 3.83. The van der Waals surface area contributed by atoms with Crippen LogP contribution in [0.4, 0.5) is 13.2 Å². The summed E-state index contributed by atoms with van der Waals surface area (Å²) in [6.45, 7) is -0.256. The molecular formula is C12H13F3O4. The zero-order valence-electron chi connectivity index (χ0n) is 9.85. The van der Waals surface area contributed by atoms with Gasteiger partial charge in [0.25, 0.3) is 0 Å². The van der Waals surface area contributed by atoms with E-state index in [1.165, 1.54) is 12.1 Å². The zero-order valence-corrected chi connectivity index (χ0v) is 9.85. The maximum absolute atomic E-state index is 13.6. The Labute approximate surface area is 107 Å². The van der Waals surface area contributed by atoms with Crippen LogP contribution in [0.5, 0.6) is 5.75 Å². The average Bonchev–Trinajstić information content (AvgIpc) is 2.27. The van der Waals surface area contributed by atoms with E-state index >= 15 is 0 Å². The first kappa shape index (κ1) is 15.3. The Hall–Kier alpha value is -1.76. The molecule has 0 fully saturated rings. The lowest BCUT2D eigenvalue weighted by Crippen LogP contribution is -2.08. The third-order valence-corrected chi connectivity index (χ3v) is 2.30. The van der Waals surface area contributed by atoms with Gasteiger partial charge >= 0.3 is 5.97 Å². The Morgan fingerprint density at radius 1 is 1.37 bits per heavy atom. The van der Waals surface area contributed by atoms with Crippen LogP contribution >= 0.6 is 0 Å². The first-order chi connectivity index (χ1) is 8.90. The summed E-state index contributed by atoms with van der Waals surface area (Å²) in [5.41, 5.74) is -0.177. The lowest BCUT2D eigenvalue weighted by Gasteiger charge is -2.11. The number of benzene rings is 1. The molecule has 0 saturated carbocycles. The van der Waals surface area contributed by atoms with Crippen molar-refractivity contribution in [3.63, 3.8) is 0 Å². The number of carboxylic acid groups (broad SMARTS) is 1. The number of alkyl halides is 2. The fourth-order valence-electron chi connectivity index (χ4n) is 1.41. The molecule has 0 aliphatic heterocycles. The van der Waals surface area contributed by atoms with Crippen molar-refractivity contribution in [3.8, 4) is 5.75 Å². The van der Waals surface area contributed by atoms with Crippen LogP contribution in [0.1, 0.15) is 24.5 Å². The lowest BCUT2D eigenvalue weighted by atomic mass is 10.1. The summed E-state index contributed by atoms with van der Waals surface area (Å²) in [6, 6.07) is 3.38. The minimum absolute atomic E-state index is 0.0458. The van der Waals surface area contributed by atoms with Crippen molar-refractivity contribution in [1.82, 2.24) is 0 Å². The van der Waals surface area contributed by atoms with E-state index in [1.807, 2.05) is 0 Å². The molecule has 1 unspecified atom stereocenters. The molecule has 0 bridgehead atoms. The van der Waals surface area contributed by atoms with Gasteiger partial charge in [-0.3, -0.25) is 4.79 Å². The molecule has 1 aromatic rings. The number of aliphatic hydroxyl groups excluding tert-OH is 1. The lowest BCUT2D eigenvalue weighted by molar-refractivity contribution is -0.139. The SMILES string of the molecule is O=C(O)CC(O)c1ccc(OCCC(F)F)cc1F. The maximum Gasteiger partial charge on any atom is 0.306 e. The van der Waals surface area contributed by atoms with Crippen LogP contribution in [0.25, 0.3) is 0 Å². The Morgan fingerprint density at radius 3 is 2.58 bits per heavy atom. The van der Waals surface area contributed by atoms with E-state index < -0.39 is 37.2 Å². The summed E-state index contributed by atoms with van der Waals surface area (Å²) in [6.07, 6.45) is -5.05. The zero-order chi connectivity index (χ0) is 14.4. The summed E-state index contributed by atoms with van der Waals surface area (Å²) >= 11 is 0. The molecule has 1 rings (SSSR count). The Balaban J connectivity index is 2.66. The molecule has 2 N–H and O–H groups in total. The standard InChI is InChI=1S/C12H13F3O4/c13-9-5-7(19-4-3-11(14)15)1-2-8(9)10(16)6-12(17)18/h1-2,5,10-11,16H,3-4,6H2,(H,17,18). The molecule has 0 aromatic heterocycles. The van der Waals surface area contributed by atoms with E-state index in [1.54, 1.807) is 0 Å². The van der Waals surface area contributed by atoms with Crippen molar-refractivity contribution in [1.29, 1.82) is 0 Å². The number of hydrogen-bond acceptors (Lipinski definition) is 3. The van der Waals surface area contributed by atoms with Crippen molar-refractivity contribution >= 4 is 5.97 Å². The molecule has 0 amide bonds. The van der Waals surface area contributed by atoms with Gasteiger partial charge in [-0.05, 0) is 12.1 Å². The minimum Gasteiger partial charge on any atom is -0.493 e. The van der Waals surface area contributed by atoms with Gasteiger partial charge in [-0.1, -0.05) is 0 Å². The summed E-state index contributed by atoms with van der Waals surface area (Å²) in [5.74, 6) is -2.06. The number of aliphatic carboxylic acids is 1. The summed E-state index contributed by atoms with van der Waals surface area (Å²) in [7, 11) is 0. The van der Waals surface area contributed by atoms with E-state index in [-0.39, 0.29) is 17.9 Å². The topological polar surface area (TPSA) is 66.8 Å². The number of ether oxygens (including phenoxy) is 1. The van der Waals surface area contributed by atoms with Gasteiger partial charge in [-0.25, -0.2) is 13.2 Å². The molecule has 19 heavy (non-hydrogen) atoms. The van der Waals surface area contributed by atoms with Crippen LogP contribution in [0.15, 0.2) is 18.2 Å². The summed E-state index contributed by atoms with van der Waals surface area (Å²) < 4.78 is 42.2. The molecule has 106 valence electrons. The van der Waals surface area contributed by atoms with E-state index in [4.69, 9.17) is 9.84 Å². The van der Waals surface area contributed by atoms with Gasteiger partial charge in [0.15, 0.2) is 0 Å². The Morgan fingerprint density at radius 2 is 2.05 bits per heavy atom. The van der Waals surface area contributed by atoms with Crippen molar-refractivity contribution in [2.45, 2.75) is 25.4 Å². The Kier molecular flexibility index (Phi) is 5.62. The van der Waals surface area contributed by atoms with Gasteiger partial charge < -0.3 is 14.9 Å². The van der Waals surface area contributed by atoms with Crippen LogP contribution in [-0.4, -0.2) is 29.2 Å². The number of carbonyl (C=O) groups is 1. The molecule has 0 aliphatic carbocycles. The largest absolute Gasteiger partial charge is 0.493 e. The van der Waals surface area contributed by atoms with Crippen LogP contribution < -0.4 is 4.74 Å². The van der Waals surface area contributed by atoms with E-state index in [9.17, 15) is 23.1 Å². The Bertz CT molecular complexity index is 437. The number of halogens is 3. The highest BCUT2D eigenvalue weighted by atomic mass is 19.3.